The maximum absolute atomic E-state index is 11.4. The van der Waals surface area contributed by atoms with Gasteiger partial charge in [0.15, 0.2) is 0 Å². The summed E-state index contributed by atoms with van der Waals surface area (Å²) in [5, 5.41) is 4.02. The van der Waals surface area contributed by atoms with Gasteiger partial charge in [0.25, 0.3) is 0 Å². The van der Waals surface area contributed by atoms with Gasteiger partial charge in [0.2, 0.25) is 5.88 Å². The summed E-state index contributed by atoms with van der Waals surface area (Å²) in [7, 11) is 1.38. The maximum atomic E-state index is 11.4. The van der Waals surface area contributed by atoms with Crippen LogP contribution in [0.5, 0.6) is 0 Å². The number of aromatic nitrogens is 1. The summed E-state index contributed by atoms with van der Waals surface area (Å²) < 4.78 is 9.73. The number of methoxy groups -OCH3 is 1. The molecule has 2 N–H and O–H groups in total. The fourth-order valence-electron chi connectivity index (χ4n) is 2.73. The van der Waals surface area contributed by atoms with Gasteiger partial charge in [-0.15, -0.1) is 0 Å². The first-order chi connectivity index (χ1) is 9.69. The number of carbonyl (C=O) groups is 1. The molecule has 1 aliphatic carbocycles. The SMILES string of the molecule is COC(=O)c1ccc(C2CCc3c(noc3N)C2)cc1. The topological polar surface area (TPSA) is 78.3 Å². The van der Waals surface area contributed by atoms with Gasteiger partial charge in [-0.3, -0.25) is 0 Å². The normalized spacial score (nSPS) is 17.6. The number of carbonyl (C=O) groups excluding carboxylic acids is 1. The number of nitrogens with two attached hydrogens (primary N) is 1. The molecule has 0 aliphatic heterocycles. The summed E-state index contributed by atoms with van der Waals surface area (Å²) in [6.07, 6.45) is 2.72. The Morgan fingerprint density at radius 1 is 1.40 bits per heavy atom. The van der Waals surface area contributed by atoms with Crippen molar-refractivity contribution < 1.29 is 14.1 Å². The zero-order valence-corrected chi connectivity index (χ0v) is 11.3. The second-order valence-corrected chi connectivity index (χ2v) is 5.03. The molecule has 0 saturated carbocycles. The van der Waals surface area contributed by atoms with Crippen molar-refractivity contribution in [2.75, 3.05) is 12.8 Å². The zero-order valence-electron chi connectivity index (χ0n) is 11.3. The van der Waals surface area contributed by atoms with E-state index in [2.05, 4.69) is 5.16 Å². The van der Waals surface area contributed by atoms with E-state index in [1.165, 1.54) is 12.7 Å². The van der Waals surface area contributed by atoms with Crippen LogP contribution in [-0.4, -0.2) is 18.2 Å². The highest BCUT2D eigenvalue weighted by Gasteiger charge is 2.25. The third kappa shape index (κ3) is 2.15. The highest BCUT2D eigenvalue weighted by Crippen LogP contribution is 2.34. The van der Waals surface area contributed by atoms with Crippen LogP contribution in [0.1, 0.15) is 39.5 Å². The number of esters is 1. The number of hydrogen-bond donors (Lipinski definition) is 1. The van der Waals surface area contributed by atoms with Crippen molar-refractivity contribution >= 4 is 11.9 Å². The summed E-state index contributed by atoms with van der Waals surface area (Å²) in [4.78, 5) is 11.4. The zero-order chi connectivity index (χ0) is 14.1. The predicted molar refractivity (Wildman–Crippen MR) is 73.5 cm³/mol. The molecule has 3 rings (SSSR count). The van der Waals surface area contributed by atoms with Crippen molar-refractivity contribution in [2.45, 2.75) is 25.2 Å². The fourth-order valence-corrected chi connectivity index (χ4v) is 2.73. The van der Waals surface area contributed by atoms with E-state index in [1.54, 1.807) is 12.1 Å². The van der Waals surface area contributed by atoms with Gasteiger partial charge in [-0.1, -0.05) is 17.3 Å². The van der Waals surface area contributed by atoms with Crippen LogP contribution in [0.2, 0.25) is 0 Å². The van der Waals surface area contributed by atoms with E-state index >= 15 is 0 Å². The Labute approximate surface area is 116 Å². The van der Waals surface area contributed by atoms with Crippen molar-refractivity contribution in [3.05, 3.63) is 46.6 Å². The predicted octanol–water partition coefficient (Wildman–Crippen LogP) is 2.32. The average molecular weight is 272 g/mol. The Kier molecular flexibility index (Phi) is 3.18. The highest BCUT2D eigenvalue weighted by atomic mass is 16.5. The first-order valence-electron chi connectivity index (χ1n) is 6.60. The van der Waals surface area contributed by atoms with Crippen LogP contribution >= 0.6 is 0 Å². The molecular formula is C15H16N2O3. The molecule has 5 heteroatoms. The van der Waals surface area contributed by atoms with E-state index in [1.807, 2.05) is 12.1 Å². The second-order valence-electron chi connectivity index (χ2n) is 5.03. The van der Waals surface area contributed by atoms with Crippen molar-refractivity contribution in [3.8, 4) is 0 Å². The number of fused-ring (bicyclic) bond motifs is 1. The van der Waals surface area contributed by atoms with E-state index in [0.717, 1.165) is 30.5 Å². The van der Waals surface area contributed by atoms with Crippen LogP contribution in [0.25, 0.3) is 0 Å². The molecule has 1 aromatic heterocycles. The number of rotatable bonds is 2. The standard InChI is InChI=1S/C15H16N2O3/c1-19-15(18)10-4-2-9(3-5-10)11-6-7-12-13(8-11)17-20-14(12)16/h2-5,11H,6-8,16H2,1H3. The molecule has 1 unspecified atom stereocenters. The van der Waals surface area contributed by atoms with Crippen LogP contribution in [-0.2, 0) is 17.6 Å². The van der Waals surface area contributed by atoms with Crippen LogP contribution in [0.3, 0.4) is 0 Å². The molecule has 0 fully saturated rings. The summed E-state index contributed by atoms with van der Waals surface area (Å²) in [5.74, 6) is 0.518. The molecule has 1 atom stereocenters. The Hall–Kier alpha value is -2.30. The van der Waals surface area contributed by atoms with E-state index in [4.69, 9.17) is 15.0 Å². The summed E-state index contributed by atoms with van der Waals surface area (Å²) in [5.41, 5.74) is 9.50. The summed E-state index contributed by atoms with van der Waals surface area (Å²) >= 11 is 0. The van der Waals surface area contributed by atoms with Crippen molar-refractivity contribution in [2.24, 2.45) is 0 Å². The molecule has 2 aromatic rings. The number of anilines is 1. The molecule has 0 amide bonds. The molecule has 0 saturated heterocycles. The molecule has 104 valence electrons. The minimum atomic E-state index is -0.313. The van der Waals surface area contributed by atoms with Crippen molar-refractivity contribution in [1.82, 2.24) is 5.16 Å². The van der Waals surface area contributed by atoms with Gasteiger partial charge in [-0.05, 0) is 36.5 Å². The number of nitrogen functional groups attached to an aromatic ring is 1. The Morgan fingerprint density at radius 2 is 2.15 bits per heavy atom. The van der Waals surface area contributed by atoms with Gasteiger partial charge in [0, 0.05) is 12.0 Å². The quantitative estimate of drug-likeness (QED) is 0.849. The van der Waals surface area contributed by atoms with E-state index in [-0.39, 0.29) is 5.97 Å². The summed E-state index contributed by atoms with van der Waals surface area (Å²) in [6, 6.07) is 7.55. The molecule has 0 spiro atoms. The molecule has 0 radical (unpaired) electrons. The Morgan fingerprint density at radius 3 is 2.85 bits per heavy atom. The van der Waals surface area contributed by atoms with Crippen molar-refractivity contribution in [3.63, 3.8) is 0 Å². The lowest BCUT2D eigenvalue weighted by Crippen LogP contribution is -2.13. The van der Waals surface area contributed by atoms with Crippen LogP contribution in [0, 0.1) is 0 Å². The van der Waals surface area contributed by atoms with Crippen LogP contribution in [0.4, 0.5) is 5.88 Å². The number of ether oxygens (including phenoxy) is 1. The number of hydrogen-bond acceptors (Lipinski definition) is 5. The number of benzene rings is 1. The van der Waals surface area contributed by atoms with E-state index in [9.17, 15) is 4.79 Å². The van der Waals surface area contributed by atoms with Crippen LogP contribution in [0.15, 0.2) is 28.8 Å². The minimum Gasteiger partial charge on any atom is -0.465 e. The minimum absolute atomic E-state index is 0.313. The molecule has 1 heterocycles. The molecule has 1 aliphatic rings. The third-order valence-corrected chi connectivity index (χ3v) is 3.89. The maximum Gasteiger partial charge on any atom is 0.337 e. The monoisotopic (exact) mass is 272 g/mol. The third-order valence-electron chi connectivity index (χ3n) is 3.89. The van der Waals surface area contributed by atoms with Gasteiger partial charge >= 0.3 is 5.97 Å². The first kappa shape index (κ1) is 12.7. The highest BCUT2D eigenvalue weighted by molar-refractivity contribution is 5.89. The van der Waals surface area contributed by atoms with E-state index in [0.29, 0.717) is 17.4 Å². The molecule has 0 bridgehead atoms. The van der Waals surface area contributed by atoms with Crippen LogP contribution < -0.4 is 5.73 Å². The van der Waals surface area contributed by atoms with Gasteiger partial charge in [0.05, 0.1) is 18.4 Å². The second kappa shape index (κ2) is 5.00. The largest absolute Gasteiger partial charge is 0.465 e. The molecule has 5 nitrogen and oxygen atoms in total. The van der Waals surface area contributed by atoms with Crippen molar-refractivity contribution in [1.29, 1.82) is 0 Å². The Bertz CT molecular complexity index is 631. The fraction of sp³-hybridized carbons (Fsp3) is 0.333. The molecule has 20 heavy (non-hydrogen) atoms. The lowest BCUT2D eigenvalue weighted by Gasteiger charge is -2.21. The molecular weight excluding hydrogens is 256 g/mol. The van der Waals surface area contributed by atoms with E-state index < -0.39 is 0 Å². The van der Waals surface area contributed by atoms with Gasteiger partial charge in [0.1, 0.15) is 0 Å². The lowest BCUT2D eigenvalue weighted by molar-refractivity contribution is 0.0600. The first-order valence-corrected chi connectivity index (χ1v) is 6.60. The Balaban J connectivity index is 1.79. The summed E-state index contributed by atoms with van der Waals surface area (Å²) in [6.45, 7) is 0. The lowest BCUT2D eigenvalue weighted by atomic mass is 9.83. The van der Waals surface area contributed by atoms with Gasteiger partial charge in [-0.2, -0.15) is 0 Å². The van der Waals surface area contributed by atoms with Gasteiger partial charge in [-0.25, -0.2) is 4.79 Å². The number of nitrogens with zero attached hydrogens (tertiary/aromatic N) is 1. The smallest absolute Gasteiger partial charge is 0.337 e. The molecule has 1 aromatic carbocycles. The average Bonchev–Trinajstić information content (AvgIpc) is 2.87. The van der Waals surface area contributed by atoms with Gasteiger partial charge < -0.3 is 15.0 Å².